The molecule has 0 radical (unpaired) electrons. The topological polar surface area (TPSA) is 182 Å². The van der Waals surface area contributed by atoms with E-state index in [1.54, 1.807) is 0 Å². The minimum Gasteiger partial charge on any atom is -0.330 e. The molecule has 0 aliphatic heterocycles. The Hall–Kier alpha value is 1.80. The van der Waals surface area contributed by atoms with E-state index < -0.39 is 15.2 Å². The van der Waals surface area contributed by atoms with Gasteiger partial charge in [0.2, 0.25) is 0 Å². The Bertz CT molecular complexity index is 854. The van der Waals surface area contributed by atoms with E-state index in [4.69, 9.17) is 41.0 Å². The van der Waals surface area contributed by atoms with E-state index in [2.05, 4.69) is 23.6 Å². The van der Waals surface area contributed by atoms with Crippen LogP contribution in [0.25, 0.3) is 0 Å². The van der Waals surface area contributed by atoms with Crippen molar-refractivity contribution >= 4 is 89.6 Å². The molecule has 0 amide bonds. The monoisotopic (exact) mass is 1060 g/mol. The van der Waals surface area contributed by atoms with Gasteiger partial charge < -0.3 is 50.8 Å². The molecule has 0 rings (SSSR count). The Morgan fingerprint density at radius 3 is 0.742 bits per heavy atom. The Kier molecular flexibility index (Phi) is 74.1. The predicted molar refractivity (Wildman–Crippen MR) is 283 cm³/mol. The third-order valence-corrected chi connectivity index (χ3v) is 14.1. The summed E-state index contributed by atoms with van der Waals surface area (Å²) in [5.74, 6) is 0. The van der Waals surface area contributed by atoms with Crippen LogP contribution in [0.3, 0.4) is 0 Å². The summed E-state index contributed by atoms with van der Waals surface area (Å²) in [4.78, 5) is 4.59. The largest absolute Gasteiger partial charge is 0.331 e. The van der Waals surface area contributed by atoms with Gasteiger partial charge >= 0.3 is 15.2 Å². The Balaban J connectivity index is -0.00000101. The van der Waals surface area contributed by atoms with E-state index in [0.29, 0.717) is 78.0 Å². The first-order chi connectivity index (χ1) is 27.3. The van der Waals surface area contributed by atoms with Gasteiger partial charge in [0, 0.05) is 13.1 Å². The van der Waals surface area contributed by atoms with E-state index in [-0.39, 0.29) is 74.4 Å². The molecule has 386 valence electrons. The number of unbranched alkanes of at least 4 members (excludes halogenated alkanes) is 17. The molecule has 0 heterocycles. The normalized spacial score (nSPS) is 12.8. The first-order valence-corrected chi connectivity index (χ1v) is 26.8. The number of rotatable bonds is 47. The summed E-state index contributed by atoms with van der Waals surface area (Å²) in [6.45, 7) is 13.8. The van der Waals surface area contributed by atoms with Gasteiger partial charge in [-0.25, -0.2) is 0 Å². The van der Waals surface area contributed by atoms with Crippen molar-refractivity contribution in [2.24, 2.45) is 22.9 Å². The van der Waals surface area contributed by atoms with Gasteiger partial charge in [0.05, 0.1) is 38.8 Å². The van der Waals surface area contributed by atoms with Crippen LogP contribution in [0.5, 0.6) is 0 Å². The predicted octanol–water partition coefficient (Wildman–Crippen LogP) is 11.8. The van der Waals surface area contributed by atoms with Gasteiger partial charge in [0.1, 0.15) is 0 Å². The Labute approximate surface area is 419 Å². The standard InChI is InChI=1S/C42H94N6O6P2.6ClH/c1-3-5-7-9-15-19-37-51-55(49,41-35-47(31-23-27-43)32-24-28-44)53-39-21-17-13-11-12-14-18-22-40-54-56(50,52-38-20-16-10-8-6-4-2)42-36-48(33-25-29-45)34-26-30-46;;;;;;/h3-46H2,1-2H3;6*1H. The van der Waals surface area contributed by atoms with Crippen molar-refractivity contribution in [1.29, 1.82) is 0 Å². The van der Waals surface area contributed by atoms with Crippen LogP contribution in [-0.2, 0) is 27.2 Å². The molecule has 0 spiro atoms. The zero-order valence-corrected chi connectivity index (χ0v) is 46.0. The quantitative estimate of drug-likeness (QED) is 0.0335. The second kappa shape index (κ2) is 58.9. The Morgan fingerprint density at radius 1 is 0.323 bits per heavy atom. The highest BCUT2D eigenvalue weighted by Gasteiger charge is 2.27. The number of nitrogens with two attached hydrogens (primary N) is 4. The summed E-state index contributed by atoms with van der Waals surface area (Å²) in [7, 11) is -6.36. The summed E-state index contributed by atoms with van der Waals surface area (Å²) < 4.78 is 51.7. The molecule has 0 aliphatic rings. The van der Waals surface area contributed by atoms with Crippen LogP contribution in [0, 0.1) is 0 Å². The molecule has 0 saturated heterocycles. The fraction of sp³-hybridized carbons (Fsp3) is 1.00. The van der Waals surface area contributed by atoms with Crippen LogP contribution in [0.1, 0.15) is 168 Å². The van der Waals surface area contributed by atoms with Crippen LogP contribution >= 0.6 is 89.6 Å². The molecule has 0 aliphatic carbocycles. The van der Waals surface area contributed by atoms with Crippen molar-refractivity contribution in [2.45, 2.75) is 168 Å². The highest BCUT2D eigenvalue weighted by Crippen LogP contribution is 2.49. The maximum absolute atomic E-state index is 13.8. The van der Waals surface area contributed by atoms with Crippen molar-refractivity contribution < 1.29 is 27.2 Å². The second-order valence-electron chi connectivity index (χ2n) is 15.6. The van der Waals surface area contributed by atoms with E-state index in [1.807, 2.05) is 0 Å². The lowest BCUT2D eigenvalue weighted by atomic mass is 10.1. The van der Waals surface area contributed by atoms with E-state index >= 15 is 0 Å². The first kappa shape index (κ1) is 78.0. The van der Waals surface area contributed by atoms with Gasteiger partial charge in [-0.15, -0.1) is 74.4 Å². The second-order valence-corrected chi connectivity index (χ2v) is 20.0. The number of hydrogen-bond donors (Lipinski definition) is 4. The minimum absolute atomic E-state index is 0. The molecule has 12 nitrogen and oxygen atoms in total. The van der Waals surface area contributed by atoms with Gasteiger partial charge in [0.25, 0.3) is 0 Å². The zero-order chi connectivity index (χ0) is 41.3. The third kappa shape index (κ3) is 51.2. The zero-order valence-electron chi connectivity index (χ0n) is 39.3. The van der Waals surface area contributed by atoms with E-state index in [9.17, 15) is 9.13 Å². The van der Waals surface area contributed by atoms with Crippen molar-refractivity contribution in [2.75, 3.05) is 104 Å². The summed E-state index contributed by atoms with van der Waals surface area (Å²) >= 11 is 0. The molecular weight excluding hydrogens is 959 g/mol. The van der Waals surface area contributed by atoms with E-state index in [1.165, 1.54) is 51.4 Å². The third-order valence-electron chi connectivity index (χ3n) is 10.3. The lowest BCUT2D eigenvalue weighted by Crippen LogP contribution is -2.31. The lowest BCUT2D eigenvalue weighted by Gasteiger charge is -2.25. The molecule has 2 atom stereocenters. The molecule has 20 heteroatoms. The summed E-state index contributed by atoms with van der Waals surface area (Å²) in [5.41, 5.74) is 23.1. The molecule has 0 aromatic carbocycles. The Morgan fingerprint density at radius 2 is 0.532 bits per heavy atom. The van der Waals surface area contributed by atoms with Crippen molar-refractivity contribution in [1.82, 2.24) is 9.80 Å². The fourth-order valence-corrected chi connectivity index (χ4v) is 9.99. The highest BCUT2D eigenvalue weighted by molar-refractivity contribution is 7.54. The average Bonchev–Trinajstić information content (AvgIpc) is 3.20. The summed E-state index contributed by atoms with van der Waals surface area (Å²) in [6, 6.07) is 0. The van der Waals surface area contributed by atoms with E-state index in [0.717, 1.165) is 129 Å². The lowest BCUT2D eigenvalue weighted by molar-refractivity contribution is 0.190. The van der Waals surface area contributed by atoms with Gasteiger partial charge in [-0.1, -0.05) is 117 Å². The molecule has 0 aromatic heterocycles. The number of halogens is 6. The summed E-state index contributed by atoms with van der Waals surface area (Å²) in [6.07, 6.45) is 26.8. The average molecular weight is 1060 g/mol. The minimum atomic E-state index is -3.18. The van der Waals surface area contributed by atoms with Crippen LogP contribution in [0.2, 0.25) is 0 Å². The molecule has 8 N–H and O–H groups in total. The van der Waals surface area contributed by atoms with Crippen LogP contribution in [0.15, 0.2) is 0 Å². The molecule has 0 fully saturated rings. The molecule has 62 heavy (non-hydrogen) atoms. The van der Waals surface area contributed by atoms with Gasteiger partial charge in [0.15, 0.2) is 0 Å². The molecule has 0 bridgehead atoms. The maximum atomic E-state index is 13.8. The number of nitrogens with zero attached hydrogens (tertiary/aromatic N) is 2. The van der Waals surface area contributed by atoms with Gasteiger partial charge in [-0.05, 0) is 104 Å². The van der Waals surface area contributed by atoms with Crippen molar-refractivity contribution in [3.8, 4) is 0 Å². The fourth-order valence-electron chi connectivity index (χ4n) is 6.64. The van der Waals surface area contributed by atoms with Crippen molar-refractivity contribution in [3.63, 3.8) is 0 Å². The smallest absolute Gasteiger partial charge is 0.330 e. The molecule has 2 unspecified atom stereocenters. The summed E-state index contributed by atoms with van der Waals surface area (Å²) in [5, 5.41) is 0. The molecule has 0 aromatic rings. The first-order valence-electron chi connectivity index (χ1n) is 23.3. The maximum Gasteiger partial charge on any atom is 0.331 e. The van der Waals surface area contributed by atoms with Gasteiger partial charge in [-0.2, -0.15) is 0 Å². The highest BCUT2D eigenvalue weighted by atomic mass is 35.5. The van der Waals surface area contributed by atoms with Crippen LogP contribution in [0.4, 0.5) is 0 Å². The van der Waals surface area contributed by atoms with Gasteiger partial charge in [-0.3, -0.25) is 9.13 Å². The molecule has 0 saturated carbocycles. The van der Waals surface area contributed by atoms with Crippen LogP contribution in [-0.4, -0.2) is 114 Å². The SMILES string of the molecule is CCCCCCCCOP(=O)(CCN(CCCN)CCCN)OCCCCCCCCCCOP(=O)(CCN(CCCN)CCCN)OCCCCCCCC.Cl.Cl.Cl.Cl.Cl.Cl. The number of hydrogen-bond acceptors (Lipinski definition) is 12. The van der Waals surface area contributed by atoms with Crippen LogP contribution < -0.4 is 22.9 Å². The van der Waals surface area contributed by atoms with Crippen molar-refractivity contribution in [3.05, 3.63) is 0 Å². The molecular formula is C42H100Cl6N6O6P2.